The highest BCUT2D eigenvalue weighted by molar-refractivity contribution is 5.71. The highest BCUT2D eigenvalue weighted by Crippen LogP contribution is 2.15. The van der Waals surface area contributed by atoms with E-state index in [0.717, 1.165) is 89.9 Å². The number of hydrogen-bond donors (Lipinski definition) is 0. The van der Waals surface area contributed by atoms with Crippen molar-refractivity contribution in [2.24, 2.45) is 0 Å². The summed E-state index contributed by atoms with van der Waals surface area (Å²) in [6, 6.07) is 0. The number of allylic oxidation sites excluding steroid dienone is 14. The fourth-order valence-electron chi connectivity index (χ4n) is 6.80. The van der Waals surface area contributed by atoms with Crippen LogP contribution in [0.3, 0.4) is 0 Å². The first-order valence-electron chi connectivity index (χ1n) is 25.6. The molecular formula is C56H94O6. The predicted octanol–water partition coefficient (Wildman–Crippen LogP) is 16.8. The van der Waals surface area contributed by atoms with Crippen molar-refractivity contribution in [1.29, 1.82) is 0 Å². The maximum Gasteiger partial charge on any atom is 0.306 e. The number of ether oxygens (including phenoxy) is 3. The Morgan fingerprint density at radius 1 is 0.339 bits per heavy atom. The molecule has 0 saturated carbocycles. The highest BCUT2D eigenvalue weighted by Gasteiger charge is 2.19. The average Bonchev–Trinajstić information content (AvgIpc) is 3.27. The Bertz CT molecular complexity index is 1220. The smallest absolute Gasteiger partial charge is 0.306 e. The quantitative estimate of drug-likeness (QED) is 0.0263. The molecule has 0 aliphatic heterocycles. The summed E-state index contributed by atoms with van der Waals surface area (Å²) in [5.74, 6) is -1.000. The summed E-state index contributed by atoms with van der Waals surface area (Å²) in [6.45, 7) is 6.41. The second kappa shape index (κ2) is 50.2. The minimum atomic E-state index is -0.807. The summed E-state index contributed by atoms with van der Waals surface area (Å²) in [7, 11) is 0. The van der Waals surface area contributed by atoms with Gasteiger partial charge in [0.05, 0.1) is 0 Å². The lowest BCUT2D eigenvalue weighted by Gasteiger charge is -2.18. The molecule has 354 valence electrons. The van der Waals surface area contributed by atoms with Gasteiger partial charge in [-0.2, -0.15) is 0 Å². The van der Waals surface area contributed by atoms with Crippen LogP contribution in [0.4, 0.5) is 0 Å². The molecule has 0 aliphatic rings. The van der Waals surface area contributed by atoms with Crippen LogP contribution in [0.5, 0.6) is 0 Å². The van der Waals surface area contributed by atoms with Gasteiger partial charge in [-0.15, -0.1) is 0 Å². The van der Waals surface area contributed by atoms with Gasteiger partial charge in [0.15, 0.2) is 6.10 Å². The molecule has 0 N–H and O–H groups in total. The van der Waals surface area contributed by atoms with Crippen LogP contribution >= 0.6 is 0 Å². The Balaban J connectivity index is 4.48. The van der Waals surface area contributed by atoms with Gasteiger partial charge in [0.25, 0.3) is 0 Å². The van der Waals surface area contributed by atoms with Gasteiger partial charge in [0.1, 0.15) is 13.2 Å². The van der Waals surface area contributed by atoms with E-state index in [2.05, 4.69) is 99.8 Å². The summed E-state index contributed by atoms with van der Waals surface area (Å²) in [5, 5.41) is 0. The number of carbonyl (C=O) groups excluding carboxylic acids is 3. The monoisotopic (exact) mass is 863 g/mol. The molecule has 0 bridgehead atoms. The van der Waals surface area contributed by atoms with E-state index in [1.165, 1.54) is 96.3 Å². The van der Waals surface area contributed by atoms with Crippen molar-refractivity contribution in [2.45, 2.75) is 239 Å². The lowest BCUT2D eigenvalue weighted by atomic mass is 10.0. The van der Waals surface area contributed by atoms with Crippen LogP contribution in [0.1, 0.15) is 233 Å². The third-order valence-electron chi connectivity index (χ3n) is 10.6. The van der Waals surface area contributed by atoms with Gasteiger partial charge in [-0.3, -0.25) is 14.4 Å². The second-order valence-electron chi connectivity index (χ2n) is 16.7. The summed E-state index contributed by atoms with van der Waals surface area (Å²) >= 11 is 0. The zero-order valence-corrected chi connectivity index (χ0v) is 40.4. The molecule has 62 heavy (non-hydrogen) atoms. The Morgan fingerprint density at radius 2 is 0.677 bits per heavy atom. The maximum atomic E-state index is 12.8. The van der Waals surface area contributed by atoms with E-state index in [1.807, 2.05) is 6.08 Å². The van der Waals surface area contributed by atoms with Crippen molar-refractivity contribution in [3.05, 3.63) is 85.1 Å². The van der Waals surface area contributed by atoms with Gasteiger partial charge < -0.3 is 14.2 Å². The zero-order chi connectivity index (χ0) is 45.1. The first-order valence-corrected chi connectivity index (χ1v) is 25.6. The predicted molar refractivity (Wildman–Crippen MR) is 265 cm³/mol. The van der Waals surface area contributed by atoms with Crippen molar-refractivity contribution in [1.82, 2.24) is 0 Å². The Labute approximate surface area is 382 Å². The topological polar surface area (TPSA) is 78.9 Å². The minimum Gasteiger partial charge on any atom is -0.462 e. The Morgan fingerprint density at radius 3 is 1.13 bits per heavy atom. The molecule has 6 nitrogen and oxygen atoms in total. The first kappa shape index (κ1) is 58.6. The second-order valence-corrected chi connectivity index (χ2v) is 16.7. The summed E-state index contributed by atoms with van der Waals surface area (Å²) in [6.07, 6.45) is 64.3. The number of rotatable bonds is 45. The van der Waals surface area contributed by atoms with Crippen LogP contribution in [0, 0.1) is 0 Å². The van der Waals surface area contributed by atoms with Crippen molar-refractivity contribution in [2.75, 3.05) is 13.2 Å². The fourth-order valence-corrected chi connectivity index (χ4v) is 6.80. The number of carbonyl (C=O) groups is 3. The number of hydrogen-bond acceptors (Lipinski definition) is 6. The van der Waals surface area contributed by atoms with Gasteiger partial charge in [-0.1, -0.05) is 221 Å². The summed E-state index contributed by atoms with van der Waals surface area (Å²) in [5.41, 5.74) is 0. The molecule has 1 atom stereocenters. The molecule has 1 unspecified atom stereocenters. The lowest BCUT2D eigenvalue weighted by Crippen LogP contribution is -2.30. The molecule has 6 heteroatoms. The van der Waals surface area contributed by atoms with Gasteiger partial charge >= 0.3 is 17.9 Å². The molecule has 0 heterocycles. The molecule has 0 radical (unpaired) electrons. The van der Waals surface area contributed by atoms with Crippen LogP contribution in [-0.2, 0) is 28.6 Å². The molecule has 0 aliphatic carbocycles. The van der Waals surface area contributed by atoms with E-state index >= 15 is 0 Å². The van der Waals surface area contributed by atoms with Gasteiger partial charge in [0.2, 0.25) is 0 Å². The van der Waals surface area contributed by atoms with E-state index < -0.39 is 6.10 Å². The number of unbranched alkanes of at least 4 members (excludes halogenated alkanes) is 20. The first-order chi connectivity index (χ1) is 30.5. The highest BCUT2D eigenvalue weighted by atomic mass is 16.6. The zero-order valence-electron chi connectivity index (χ0n) is 40.4. The standard InChI is InChI=1S/C56H94O6/c1-4-7-10-13-16-19-22-24-26-27-28-29-30-32-34-37-40-43-46-49-55(58)61-52-53(51-60-54(57)48-45-42-39-36-33-21-18-15-12-9-6-3)62-56(59)50-47-44-41-38-35-31-25-23-20-17-14-11-8-5-2/h7,10,15-16,18-19,24,26,28-29,32,34,40,43,53H,4-6,8-9,11-14,17,20-23,25,27,30-31,33,35-39,41-42,44-52H2,1-3H3/b10-7-,18-15-,19-16-,26-24-,29-28-,34-32-,43-40-. The van der Waals surface area contributed by atoms with Crippen LogP contribution in [0.15, 0.2) is 85.1 Å². The van der Waals surface area contributed by atoms with Crippen molar-refractivity contribution < 1.29 is 28.6 Å². The van der Waals surface area contributed by atoms with Crippen LogP contribution in [0.2, 0.25) is 0 Å². The van der Waals surface area contributed by atoms with E-state index in [-0.39, 0.29) is 37.5 Å². The fraction of sp³-hybridized carbons (Fsp3) is 0.696. The average molecular weight is 863 g/mol. The molecule has 0 aromatic heterocycles. The van der Waals surface area contributed by atoms with Crippen molar-refractivity contribution in [3.8, 4) is 0 Å². The lowest BCUT2D eigenvalue weighted by molar-refractivity contribution is -0.166. The number of esters is 3. The van der Waals surface area contributed by atoms with E-state index in [4.69, 9.17) is 14.2 Å². The minimum absolute atomic E-state index is 0.103. The Hall–Kier alpha value is -3.41. The van der Waals surface area contributed by atoms with Gasteiger partial charge in [0, 0.05) is 19.3 Å². The molecule has 0 rings (SSSR count). The third kappa shape index (κ3) is 47.6. The molecule has 0 amide bonds. The van der Waals surface area contributed by atoms with Gasteiger partial charge in [-0.25, -0.2) is 0 Å². The molecule has 0 spiro atoms. The van der Waals surface area contributed by atoms with Crippen LogP contribution in [0.25, 0.3) is 0 Å². The SMILES string of the molecule is CC/C=C\C/C=C\C/C=C\C/C=C\C/C=C\C/C=C\CCC(=O)OCC(COC(=O)CCCCCCC/C=C\CCCC)OC(=O)CCCCCCCCCCCCCCCC. The van der Waals surface area contributed by atoms with Gasteiger partial charge in [-0.05, 0) is 77.0 Å². The molecule has 0 aromatic rings. The van der Waals surface area contributed by atoms with Crippen LogP contribution in [-0.4, -0.2) is 37.2 Å². The van der Waals surface area contributed by atoms with Crippen molar-refractivity contribution >= 4 is 17.9 Å². The third-order valence-corrected chi connectivity index (χ3v) is 10.6. The largest absolute Gasteiger partial charge is 0.462 e. The normalized spacial score (nSPS) is 12.8. The molecular weight excluding hydrogens is 769 g/mol. The summed E-state index contributed by atoms with van der Waals surface area (Å²) < 4.78 is 16.7. The molecule has 0 fully saturated rings. The maximum absolute atomic E-state index is 12.8. The van der Waals surface area contributed by atoms with E-state index in [0.29, 0.717) is 19.3 Å². The molecule has 0 aromatic carbocycles. The Kier molecular flexibility index (Phi) is 47.5. The van der Waals surface area contributed by atoms with E-state index in [1.54, 1.807) is 0 Å². The van der Waals surface area contributed by atoms with Crippen LogP contribution < -0.4 is 0 Å². The molecule has 0 saturated heterocycles. The van der Waals surface area contributed by atoms with Crippen molar-refractivity contribution in [3.63, 3.8) is 0 Å². The van der Waals surface area contributed by atoms with E-state index in [9.17, 15) is 14.4 Å². The summed E-state index contributed by atoms with van der Waals surface area (Å²) in [4.78, 5) is 37.9.